The first-order valence-corrected chi connectivity index (χ1v) is 7.75. The lowest BCUT2D eigenvalue weighted by Crippen LogP contribution is -2.10. The molecular formula is C13H15NO4S. The first-order chi connectivity index (χ1) is 9.11. The number of benzene rings is 1. The summed E-state index contributed by atoms with van der Waals surface area (Å²) in [6, 6.07) is 11.0. The molecule has 0 saturated heterocycles. The monoisotopic (exact) mass is 281 g/mol. The Morgan fingerprint density at radius 1 is 1.21 bits per heavy atom. The summed E-state index contributed by atoms with van der Waals surface area (Å²) in [4.78, 5) is 0. The number of aromatic nitrogens is 1. The van der Waals surface area contributed by atoms with Gasteiger partial charge in [-0.15, -0.1) is 0 Å². The van der Waals surface area contributed by atoms with Crippen LogP contribution in [0.1, 0.15) is 12.1 Å². The van der Waals surface area contributed by atoms with E-state index in [1.807, 2.05) is 30.3 Å². The van der Waals surface area contributed by atoms with E-state index in [9.17, 15) is 8.42 Å². The van der Waals surface area contributed by atoms with Gasteiger partial charge in [0, 0.05) is 18.2 Å². The highest BCUT2D eigenvalue weighted by Gasteiger charge is 2.15. The van der Waals surface area contributed by atoms with Crippen molar-refractivity contribution < 1.29 is 18.0 Å². The maximum atomic E-state index is 11.7. The summed E-state index contributed by atoms with van der Waals surface area (Å²) < 4.78 is 28.6. The van der Waals surface area contributed by atoms with Gasteiger partial charge in [-0.1, -0.05) is 35.5 Å². The van der Waals surface area contributed by atoms with E-state index in [1.54, 1.807) is 6.07 Å². The van der Waals surface area contributed by atoms with E-state index >= 15 is 0 Å². The molecule has 0 saturated carbocycles. The lowest BCUT2D eigenvalue weighted by atomic mass is 10.2. The minimum atomic E-state index is -3.25. The molecule has 5 nitrogen and oxygen atoms in total. The second-order valence-electron chi connectivity index (χ2n) is 4.22. The molecule has 1 aromatic heterocycles. The molecule has 1 aromatic carbocycles. The number of sulfone groups is 1. The molecule has 0 spiro atoms. The van der Waals surface area contributed by atoms with Crippen LogP contribution in [0.3, 0.4) is 0 Å². The molecule has 1 N–H and O–H groups in total. The fourth-order valence-corrected chi connectivity index (χ4v) is 3.00. The summed E-state index contributed by atoms with van der Waals surface area (Å²) in [7, 11) is -3.25. The molecule has 2 rings (SSSR count). The number of rotatable bonds is 6. The summed E-state index contributed by atoms with van der Waals surface area (Å²) in [5.74, 6) is 0.341. The molecule has 0 atom stereocenters. The third-order valence-corrected chi connectivity index (χ3v) is 4.24. The Hall–Kier alpha value is -1.66. The van der Waals surface area contributed by atoms with Crippen molar-refractivity contribution in [2.75, 3.05) is 12.4 Å². The lowest BCUT2D eigenvalue weighted by Gasteiger charge is -1.99. The van der Waals surface area contributed by atoms with E-state index in [2.05, 4.69) is 5.16 Å². The molecule has 0 fully saturated rings. The van der Waals surface area contributed by atoms with Crippen molar-refractivity contribution in [3.05, 3.63) is 42.1 Å². The quantitative estimate of drug-likeness (QED) is 0.870. The van der Waals surface area contributed by atoms with E-state index in [4.69, 9.17) is 9.63 Å². The van der Waals surface area contributed by atoms with E-state index in [1.165, 1.54) is 0 Å². The average Bonchev–Trinajstić information content (AvgIpc) is 2.85. The molecular weight excluding hydrogens is 266 g/mol. The zero-order chi connectivity index (χ0) is 13.7. The highest BCUT2D eigenvalue weighted by Crippen LogP contribution is 2.20. The van der Waals surface area contributed by atoms with Crippen LogP contribution in [-0.4, -0.2) is 31.0 Å². The van der Waals surface area contributed by atoms with Crippen LogP contribution in [0.4, 0.5) is 0 Å². The van der Waals surface area contributed by atoms with Crippen LogP contribution < -0.4 is 0 Å². The number of aliphatic hydroxyl groups is 1. The van der Waals surface area contributed by atoms with Crippen LogP contribution in [0.15, 0.2) is 40.9 Å². The largest absolute Gasteiger partial charge is 0.396 e. The maximum absolute atomic E-state index is 11.7. The molecule has 1 heterocycles. The number of hydrogen-bond acceptors (Lipinski definition) is 5. The van der Waals surface area contributed by atoms with Gasteiger partial charge in [0.25, 0.3) is 0 Å². The highest BCUT2D eigenvalue weighted by molar-refractivity contribution is 7.90. The van der Waals surface area contributed by atoms with E-state index < -0.39 is 9.84 Å². The minimum Gasteiger partial charge on any atom is -0.396 e. The van der Waals surface area contributed by atoms with Crippen LogP contribution in [0, 0.1) is 0 Å². The lowest BCUT2D eigenvalue weighted by molar-refractivity contribution is 0.295. The van der Waals surface area contributed by atoms with Gasteiger partial charge in [0.05, 0.1) is 17.2 Å². The number of nitrogens with zero attached hydrogens (tertiary/aromatic N) is 1. The van der Waals surface area contributed by atoms with Gasteiger partial charge in [0.2, 0.25) is 0 Å². The molecule has 0 aliphatic carbocycles. The van der Waals surface area contributed by atoms with Crippen molar-refractivity contribution in [2.45, 2.75) is 12.2 Å². The normalized spacial score (nSPS) is 11.6. The predicted molar refractivity (Wildman–Crippen MR) is 71.1 cm³/mol. The van der Waals surface area contributed by atoms with Gasteiger partial charge in [-0.05, 0) is 6.42 Å². The van der Waals surface area contributed by atoms with Crippen LogP contribution in [0.2, 0.25) is 0 Å². The second kappa shape index (κ2) is 5.99. The Morgan fingerprint density at radius 2 is 1.95 bits per heavy atom. The first-order valence-electron chi connectivity index (χ1n) is 5.93. The Bertz CT molecular complexity index is 619. The first kappa shape index (κ1) is 13.8. The topological polar surface area (TPSA) is 80.4 Å². The molecule has 6 heteroatoms. The van der Waals surface area contributed by atoms with Gasteiger partial charge in [-0.25, -0.2) is 8.42 Å². The zero-order valence-electron chi connectivity index (χ0n) is 10.3. The summed E-state index contributed by atoms with van der Waals surface area (Å²) in [6.07, 6.45) is 0.242. The summed E-state index contributed by atoms with van der Waals surface area (Å²) in [5.41, 5.74) is 1.24. The van der Waals surface area contributed by atoms with Crippen molar-refractivity contribution in [2.24, 2.45) is 0 Å². The van der Waals surface area contributed by atoms with Crippen molar-refractivity contribution in [3.63, 3.8) is 0 Å². The van der Waals surface area contributed by atoms with Gasteiger partial charge < -0.3 is 9.63 Å². The fraction of sp³-hybridized carbons (Fsp3) is 0.308. The van der Waals surface area contributed by atoms with Gasteiger partial charge in [-0.2, -0.15) is 0 Å². The van der Waals surface area contributed by atoms with Gasteiger partial charge in [0.15, 0.2) is 15.6 Å². The minimum absolute atomic E-state index is 0.0446. The van der Waals surface area contributed by atoms with Crippen molar-refractivity contribution in [1.29, 1.82) is 0 Å². The molecule has 0 aliphatic rings. The third kappa shape index (κ3) is 3.90. The predicted octanol–water partition coefficient (Wildman–Crippen LogP) is 1.64. The Kier molecular flexibility index (Phi) is 4.34. The molecule has 2 aromatic rings. The molecule has 19 heavy (non-hydrogen) atoms. The van der Waals surface area contributed by atoms with E-state index in [0.29, 0.717) is 11.5 Å². The summed E-state index contributed by atoms with van der Waals surface area (Å²) in [6.45, 7) is -0.132. The summed E-state index contributed by atoms with van der Waals surface area (Å²) in [5, 5.41) is 12.4. The van der Waals surface area contributed by atoms with E-state index in [0.717, 1.165) is 5.56 Å². The molecule has 0 amide bonds. The third-order valence-electron chi connectivity index (χ3n) is 2.60. The van der Waals surface area contributed by atoms with Crippen LogP contribution in [0.25, 0.3) is 11.3 Å². The Balaban J connectivity index is 2.10. The Labute approximate surface area is 111 Å². The van der Waals surface area contributed by atoms with E-state index in [-0.39, 0.29) is 24.5 Å². The molecule has 0 radical (unpaired) electrons. The van der Waals surface area contributed by atoms with Crippen molar-refractivity contribution in [3.8, 4) is 11.3 Å². The maximum Gasteiger partial charge on any atom is 0.167 e. The van der Waals surface area contributed by atoms with Crippen LogP contribution in [0.5, 0.6) is 0 Å². The fourth-order valence-electron chi connectivity index (χ4n) is 1.70. The SMILES string of the molecule is O=S(=O)(CCCO)Cc1cc(-c2ccccc2)on1. The second-order valence-corrected chi connectivity index (χ2v) is 6.40. The number of aliphatic hydroxyl groups excluding tert-OH is 1. The Morgan fingerprint density at radius 3 is 2.63 bits per heavy atom. The highest BCUT2D eigenvalue weighted by atomic mass is 32.2. The van der Waals surface area contributed by atoms with Gasteiger partial charge in [0.1, 0.15) is 0 Å². The molecule has 102 valence electrons. The molecule has 0 aliphatic heterocycles. The summed E-state index contributed by atoms with van der Waals surface area (Å²) >= 11 is 0. The molecule has 0 bridgehead atoms. The molecule has 0 unspecified atom stereocenters. The average molecular weight is 281 g/mol. The van der Waals surface area contributed by atoms with Crippen LogP contribution in [-0.2, 0) is 15.6 Å². The standard InChI is InChI=1S/C13H15NO4S/c15-7-4-8-19(16,17)10-12-9-13(18-14-12)11-5-2-1-3-6-11/h1-3,5-6,9,15H,4,7-8,10H2. The van der Waals surface area contributed by atoms with Crippen molar-refractivity contribution in [1.82, 2.24) is 5.16 Å². The van der Waals surface area contributed by atoms with Crippen molar-refractivity contribution >= 4 is 9.84 Å². The van der Waals surface area contributed by atoms with Gasteiger partial charge >= 0.3 is 0 Å². The number of hydrogen-bond donors (Lipinski definition) is 1. The zero-order valence-corrected chi connectivity index (χ0v) is 11.1. The van der Waals surface area contributed by atoms with Crippen LogP contribution >= 0.6 is 0 Å². The smallest absolute Gasteiger partial charge is 0.167 e. The van der Waals surface area contributed by atoms with Gasteiger partial charge in [-0.3, -0.25) is 0 Å².